The summed E-state index contributed by atoms with van der Waals surface area (Å²) in [6, 6.07) is 6.49. The van der Waals surface area contributed by atoms with Gasteiger partial charge in [0.05, 0.1) is 11.0 Å². The molecule has 2 unspecified atom stereocenters. The summed E-state index contributed by atoms with van der Waals surface area (Å²) < 4.78 is 0. The molecule has 4 nitrogen and oxygen atoms in total. The normalized spacial score (nSPS) is 25.8. The Kier molecular flexibility index (Phi) is 2.69. The van der Waals surface area contributed by atoms with Crippen LogP contribution < -0.4 is 11.0 Å². The van der Waals surface area contributed by atoms with Crippen LogP contribution in [-0.2, 0) is 0 Å². The van der Waals surface area contributed by atoms with Gasteiger partial charge < -0.3 is 15.3 Å². The third-order valence-corrected chi connectivity index (χ3v) is 4.20. The van der Waals surface area contributed by atoms with Gasteiger partial charge in [-0.1, -0.05) is 20.8 Å². The second-order valence-corrected chi connectivity index (χ2v) is 6.64. The molecule has 2 aromatic rings. The highest BCUT2D eigenvalue weighted by Crippen LogP contribution is 2.42. The first kappa shape index (κ1) is 12.3. The average Bonchev–Trinajstić information content (AvgIpc) is 2.77. The number of hydrogen-bond donors (Lipinski definition) is 3. The first-order valence-electron chi connectivity index (χ1n) is 6.92. The summed E-state index contributed by atoms with van der Waals surface area (Å²) in [5.74, 6) is 0.677. The van der Waals surface area contributed by atoms with Crippen LogP contribution in [0.2, 0.25) is 0 Å². The van der Waals surface area contributed by atoms with Gasteiger partial charge in [-0.05, 0) is 42.4 Å². The highest BCUT2D eigenvalue weighted by Gasteiger charge is 2.36. The van der Waals surface area contributed by atoms with Gasteiger partial charge in [0, 0.05) is 11.7 Å². The van der Waals surface area contributed by atoms with Crippen LogP contribution in [-0.4, -0.2) is 16.0 Å². The quantitative estimate of drug-likeness (QED) is 0.776. The van der Waals surface area contributed by atoms with E-state index in [2.05, 4.69) is 36.1 Å². The van der Waals surface area contributed by atoms with E-state index in [0.29, 0.717) is 17.4 Å². The topological polar surface area (TPSA) is 60.7 Å². The first-order valence-corrected chi connectivity index (χ1v) is 6.92. The van der Waals surface area contributed by atoms with Gasteiger partial charge in [-0.2, -0.15) is 0 Å². The molecule has 1 heterocycles. The van der Waals surface area contributed by atoms with Gasteiger partial charge in [-0.3, -0.25) is 0 Å². The molecule has 0 saturated heterocycles. The summed E-state index contributed by atoms with van der Waals surface area (Å²) in [4.78, 5) is 16.8. The Balaban J connectivity index is 1.83. The third-order valence-electron chi connectivity index (χ3n) is 4.20. The molecule has 0 radical (unpaired) electrons. The number of aromatic amines is 2. The summed E-state index contributed by atoms with van der Waals surface area (Å²) in [7, 11) is 0. The van der Waals surface area contributed by atoms with Crippen molar-refractivity contribution >= 4 is 16.7 Å². The van der Waals surface area contributed by atoms with Gasteiger partial charge in [-0.15, -0.1) is 0 Å². The lowest BCUT2D eigenvalue weighted by atomic mass is 9.91. The predicted molar refractivity (Wildman–Crippen MR) is 78.5 cm³/mol. The molecule has 1 aromatic heterocycles. The zero-order valence-corrected chi connectivity index (χ0v) is 11.7. The van der Waals surface area contributed by atoms with Crippen molar-refractivity contribution in [3.63, 3.8) is 0 Å². The minimum absolute atomic E-state index is 0.150. The zero-order chi connectivity index (χ0) is 13.6. The molecule has 0 amide bonds. The maximum Gasteiger partial charge on any atom is 0.323 e. The zero-order valence-electron chi connectivity index (χ0n) is 11.7. The molecule has 0 aliphatic heterocycles. The van der Waals surface area contributed by atoms with Gasteiger partial charge >= 0.3 is 5.69 Å². The Bertz CT molecular complexity index is 653. The van der Waals surface area contributed by atoms with Crippen LogP contribution in [0.3, 0.4) is 0 Å². The number of H-pyrrole nitrogens is 2. The van der Waals surface area contributed by atoms with E-state index in [1.54, 1.807) is 0 Å². The van der Waals surface area contributed by atoms with Gasteiger partial charge in [-0.25, -0.2) is 4.79 Å². The molecule has 0 bridgehead atoms. The molecular formula is C15H21N3O. The number of nitrogens with one attached hydrogen (secondary N) is 3. The highest BCUT2D eigenvalue weighted by molar-refractivity contribution is 5.78. The number of fused-ring (bicyclic) bond motifs is 1. The molecule has 4 heteroatoms. The molecule has 1 aromatic carbocycles. The summed E-state index contributed by atoms with van der Waals surface area (Å²) in [6.45, 7) is 6.97. The number of rotatable bonds is 2. The van der Waals surface area contributed by atoms with Crippen LogP contribution in [0.25, 0.3) is 11.0 Å². The fourth-order valence-electron chi connectivity index (χ4n) is 3.42. The Labute approximate surface area is 112 Å². The van der Waals surface area contributed by atoms with Crippen LogP contribution in [0.1, 0.15) is 33.6 Å². The van der Waals surface area contributed by atoms with E-state index in [9.17, 15) is 4.79 Å². The standard InChI is InChI=1S/C15H21N3O/c1-9-7-15(2,3)8-13(9)16-10-4-5-11-12(6-10)18-14(19)17-11/h4-6,9,13,16H,7-8H2,1-3H3,(H2,17,18,19). The fourth-order valence-corrected chi connectivity index (χ4v) is 3.42. The largest absolute Gasteiger partial charge is 0.382 e. The van der Waals surface area contributed by atoms with Crippen LogP contribution in [0, 0.1) is 11.3 Å². The van der Waals surface area contributed by atoms with Crippen molar-refractivity contribution in [1.29, 1.82) is 0 Å². The molecule has 2 atom stereocenters. The van der Waals surface area contributed by atoms with Crippen molar-refractivity contribution in [1.82, 2.24) is 9.97 Å². The lowest BCUT2D eigenvalue weighted by molar-refractivity contribution is 0.366. The second kappa shape index (κ2) is 4.15. The van der Waals surface area contributed by atoms with E-state index in [0.717, 1.165) is 16.7 Å². The van der Waals surface area contributed by atoms with Crippen molar-refractivity contribution < 1.29 is 0 Å². The van der Waals surface area contributed by atoms with Gasteiger partial charge in [0.1, 0.15) is 0 Å². The van der Waals surface area contributed by atoms with E-state index in [1.807, 2.05) is 18.2 Å². The molecule has 102 valence electrons. The molecule has 1 aliphatic rings. The number of aromatic nitrogens is 2. The second-order valence-electron chi connectivity index (χ2n) is 6.64. The summed E-state index contributed by atoms with van der Waals surface area (Å²) in [5, 5.41) is 3.61. The number of benzene rings is 1. The highest BCUT2D eigenvalue weighted by atomic mass is 16.1. The Hall–Kier alpha value is -1.71. The molecule has 19 heavy (non-hydrogen) atoms. The smallest absolute Gasteiger partial charge is 0.323 e. The molecular weight excluding hydrogens is 238 g/mol. The Morgan fingerprint density at radius 3 is 2.63 bits per heavy atom. The van der Waals surface area contributed by atoms with Gasteiger partial charge in [0.2, 0.25) is 0 Å². The lowest BCUT2D eigenvalue weighted by Crippen LogP contribution is -2.22. The summed E-state index contributed by atoms with van der Waals surface area (Å²) in [6.07, 6.45) is 2.45. The van der Waals surface area contributed by atoms with Gasteiger partial charge in [0.25, 0.3) is 0 Å². The van der Waals surface area contributed by atoms with E-state index < -0.39 is 0 Å². The lowest BCUT2D eigenvalue weighted by Gasteiger charge is -2.19. The summed E-state index contributed by atoms with van der Waals surface area (Å²) >= 11 is 0. The number of imidazole rings is 1. The van der Waals surface area contributed by atoms with Crippen LogP contribution in [0.15, 0.2) is 23.0 Å². The van der Waals surface area contributed by atoms with E-state index in [1.165, 1.54) is 12.8 Å². The minimum Gasteiger partial charge on any atom is -0.382 e. The SMILES string of the molecule is CC1CC(C)(C)CC1Nc1ccc2[nH]c(=O)[nH]c2c1. The Morgan fingerprint density at radius 1 is 1.21 bits per heavy atom. The van der Waals surface area contributed by atoms with E-state index >= 15 is 0 Å². The molecule has 1 fully saturated rings. The number of anilines is 1. The average molecular weight is 259 g/mol. The molecule has 1 saturated carbocycles. The van der Waals surface area contributed by atoms with E-state index in [4.69, 9.17) is 0 Å². The third kappa shape index (κ3) is 2.39. The van der Waals surface area contributed by atoms with Crippen molar-refractivity contribution in [3.05, 3.63) is 28.7 Å². The molecule has 3 N–H and O–H groups in total. The molecule has 1 aliphatic carbocycles. The summed E-state index contributed by atoms with van der Waals surface area (Å²) in [5.41, 5.74) is 3.07. The van der Waals surface area contributed by atoms with Crippen molar-refractivity contribution in [2.24, 2.45) is 11.3 Å². The van der Waals surface area contributed by atoms with Crippen LogP contribution >= 0.6 is 0 Å². The fraction of sp³-hybridized carbons (Fsp3) is 0.533. The van der Waals surface area contributed by atoms with Crippen molar-refractivity contribution in [2.45, 2.75) is 39.7 Å². The van der Waals surface area contributed by atoms with E-state index in [-0.39, 0.29) is 5.69 Å². The molecule has 0 spiro atoms. The van der Waals surface area contributed by atoms with Crippen LogP contribution in [0.5, 0.6) is 0 Å². The van der Waals surface area contributed by atoms with Crippen molar-refractivity contribution in [3.8, 4) is 0 Å². The number of hydrogen-bond acceptors (Lipinski definition) is 2. The van der Waals surface area contributed by atoms with Gasteiger partial charge in [0.15, 0.2) is 0 Å². The monoisotopic (exact) mass is 259 g/mol. The van der Waals surface area contributed by atoms with Crippen molar-refractivity contribution in [2.75, 3.05) is 5.32 Å². The Morgan fingerprint density at radius 2 is 1.95 bits per heavy atom. The molecule has 3 rings (SSSR count). The predicted octanol–water partition coefficient (Wildman–Crippen LogP) is 3.09. The first-order chi connectivity index (χ1) is 8.93. The minimum atomic E-state index is -0.150. The maximum absolute atomic E-state index is 11.3. The maximum atomic E-state index is 11.3. The van der Waals surface area contributed by atoms with Crippen LogP contribution in [0.4, 0.5) is 5.69 Å².